The van der Waals surface area contributed by atoms with Gasteiger partial charge in [-0.1, -0.05) is 17.7 Å². The molecule has 1 amide bonds. The van der Waals surface area contributed by atoms with Crippen molar-refractivity contribution < 1.29 is 32.3 Å². The van der Waals surface area contributed by atoms with E-state index in [0.29, 0.717) is 22.1 Å². The number of benzene rings is 1. The normalized spacial score (nSPS) is 13.4. The number of hydrogen-bond donors (Lipinski definition) is 2. The van der Waals surface area contributed by atoms with Gasteiger partial charge in [-0.15, -0.1) is 0 Å². The van der Waals surface area contributed by atoms with Crippen LogP contribution in [0.5, 0.6) is 0 Å². The smallest absolute Gasteiger partial charge is 0.475 e. The van der Waals surface area contributed by atoms with Gasteiger partial charge in [0.15, 0.2) is 0 Å². The highest BCUT2D eigenvalue weighted by Crippen LogP contribution is 2.29. The Balaban J connectivity index is 0.000000360. The predicted octanol–water partition coefficient (Wildman–Crippen LogP) is 4.72. The number of hydrogen-bond acceptors (Lipinski definition) is 3. The van der Waals surface area contributed by atoms with Crippen LogP contribution in [0.25, 0.3) is 22.2 Å². The zero-order valence-corrected chi connectivity index (χ0v) is 17.5. The molecule has 170 valence electrons. The molecule has 1 fully saturated rings. The number of nitrogens with zero attached hydrogens (tertiary/aromatic N) is 2. The van der Waals surface area contributed by atoms with Crippen LogP contribution in [0, 0.1) is 12.7 Å². The minimum absolute atomic E-state index is 0.0286. The van der Waals surface area contributed by atoms with E-state index < -0.39 is 12.1 Å². The van der Waals surface area contributed by atoms with Crippen LogP contribution in [0.2, 0.25) is 5.02 Å². The van der Waals surface area contributed by atoms with Gasteiger partial charge in [-0.3, -0.25) is 9.78 Å². The lowest BCUT2D eigenvalue weighted by Crippen LogP contribution is -2.29. The van der Waals surface area contributed by atoms with E-state index in [1.54, 1.807) is 31.5 Å². The average molecular weight is 472 g/mol. The molecule has 0 aliphatic heterocycles. The summed E-state index contributed by atoms with van der Waals surface area (Å²) in [7, 11) is 0. The first-order chi connectivity index (χ1) is 15.0. The van der Waals surface area contributed by atoms with E-state index in [0.717, 1.165) is 29.5 Å². The van der Waals surface area contributed by atoms with E-state index in [-0.39, 0.29) is 18.3 Å². The Hall–Kier alpha value is -3.14. The number of nitrogens with one attached hydrogen (secondary N) is 1. The molecule has 0 spiro atoms. The van der Waals surface area contributed by atoms with Gasteiger partial charge in [0, 0.05) is 24.0 Å². The number of aromatic nitrogens is 2. The van der Waals surface area contributed by atoms with Crippen molar-refractivity contribution in [1.82, 2.24) is 14.9 Å². The van der Waals surface area contributed by atoms with Crippen molar-refractivity contribution >= 4 is 34.5 Å². The number of carboxylic acid groups (broad SMARTS) is 1. The SMILES string of the molecule is Cc1cc(-c2cnc3c(Cl)cn(CC(=O)NC4CC4)c3c2)ccc1F.O=C(O)C(F)(F)F. The third-order valence-corrected chi connectivity index (χ3v) is 4.94. The molecule has 1 saturated carbocycles. The highest BCUT2D eigenvalue weighted by atomic mass is 35.5. The Morgan fingerprint density at radius 3 is 2.47 bits per heavy atom. The largest absolute Gasteiger partial charge is 0.490 e. The lowest BCUT2D eigenvalue weighted by molar-refractivity contribution is -0.192. The number of carboxylic acids is 1. The summed E-state index contributed by atoms with van der Waals surface area (Å²) in [5.74, 6) is -3.02. The van der Waals surface area contributed by atoms with E-state index in [2.05, 4.69) is 10.3 Å². The second kappa shape index (κ2) is 9.15. The maximum absolute atomic E-state index is 13.5. The Bertz CT molecular complexity index is 1170. The number of carbonyl (C=O) groups excluding carboxylic acids is 1. The third-order valence-electron chi connectivity index (χ3n) is 4.66. The Morgan fingerprint density at radius 1 is 1.25 bits per heavy atom. The van der Waals surface area contributed by atoms with E-state index >= 15 is 0 Å². The van der Waals surface area contributed by atoms with Crippen LogP contribution in [-0.2, 0) is 16.1 Å². The van der Waals surface area contributed by atoms with E-state index in [9.17, 15) is 22.4 Å². The van der Waals surface area contributed by atoms with Gasteiger partial charge in [-0.2, -0.15) is 13.2 Å². The fourth-order valence-corrected chi connectivity index (χ4v) is 3.16. The molecule has 2 heterocycles. The molecule has 0 bridgehead atoms. The van der Waals surface area contributed by atoms with Gasteiger partial charge in [0.2, 0.25) is 5.91 Å². The minimum Gasteiger partial charge on any atom is -0.475 e. The van der Waals surface area contributed by atoms with Crippen molar-refractivity contribution in [3.05, 3.63) is 53.1 Å². The summed E-state index contributed by atoms with van der Waals surface area (Å²) in [5, 5.41) is 10.6. The fraction of sp³-hybridized carbons (Fsp3) is 0.286. The number of fused-ring (bicyclic) bond motifs is 1. The van der Waals surface area contributed by atoms with E-state index in [1.807, 2.05) is 10.6 Å². The molecular formula is C21H18ClF4N3O3. The molecule has 0 atom stereocenters. The maximum atomic E-state index is 13.5. The second-order valence-corrected chi connectivity index (χ2v) is 7.71. The monoisotopic (exact) mass is 471 g/mol. The molecule has 0 saturated heterocycles. The lowest BCUT2D eigenvalue weighted by atomic mass is 10.0. The number of aliphatic carboxylic acids is 1. The topological polar surface area (TPSA) is 84.2 Å². The summed E-state index contributed by atoms with van der Waals surface area (Å²) in [6, 6.07) is 7.21. The van der Waals surface area contributed by atoms with Gasteiger partial charge in [-0.05, 0) is 49.1 Å². The number of aryl methyl sites for hydroxylation is 1. The summed E-state index contributed by atoms with van der Waals surface area (Å²) in [6.45, 7) is 1.93. The number of halogens is 5. The van der Waals surface area contributed by atoms with Crippen molar-refractivity contribution in [2.45, 2.75) is 38.5 Å². The first-order valence-electron chi connectivity index (χ1n) is 9.46. The predicted molar refractivity (Wildman–Crippen MR) is 110 cm³/mol. The number of carbonyl (C=O) groups is 2. The van der Waals surface area contributed by atoms with Gasteiger partial charge in [-0.25, -0.2) is 9.18 Å². The zero-order valence-electron chi connectivity index (χ0n) is 16.7. The molecule has 32 heavy (non-hydrogen) atoms. The second-order valence-electron chi connectivity index (χ2n) is 7.31. The van der Waals surface area contributed by atoms with Crippen molar-refractivity contribution in [3.8, 4) is 11.1 Å². The number of rotatable bonds is 4. The van der Waals surface area contributed by atoms with Crippen molar-refractivity contribution in [2.24, 2.45) is 0 Å². The number of pyridine rings is 1. The van der Waals surface area contributed by atoms with Crippen LogP contribution in [-0.4, -0.2) is 38.8 Å². The average Bonchev–Trinajstić information content (AvgIpc) is 3.47. The molecule has 11 heteroatoms. The third kappa shape index (κ3) is 5.76. The zero-order chi connectivity index (χ0) is 23.6. The molecule has 4 rings (SSSR count). The van der Waals surface area contributed by atoms with Crippen molar-refractivity contribution in [1.29, 1.82) is 0 Å². The maximum Gasteiger partial charge on any atom is 0.490 e. The van der Waals surface area contributed by atoms with E-state index in [4.69, 9.17) is 21.5 Å². The standard InChI is InChI=1S/C19H17ClFN3O.C2HF3O2/c1-11-6-12(2-5-16(11)21)13-7-17-19(22-8-13)15(20)9-24(17)10-18(25)23-14-3-4-14;3-2(4,5)1(6)7/h2,5-9,14H,3-4,10H2,1H3,(H,23,25);(H,6,7). The molecule has 1 aromatic carbocycles. The Kier molecular flexibility index (Phi) is 6.73. The molecule has 1 aliphatic carbocycles. The van der Waals surface area contributed by atoms with Gasteiger partial charge in [0.25, 0.3) is 0 Å². The van der Waals surface area contributed by atoms with Gasteiger partial charge in [0.1, 0.15) is 17.9 Å². The van der Waals surface area contributed by atoms with Gasteiger partial charge >= 0.3 is 12.1 Å². The molecule has 1 aliphatic rings. The summed E-state index contributed by atoms with van der Waals surface area (Å²) in [4.78, 5) is 25.4. The molecule has 0 radical (unpaired) electrons. The molecule has 2 N–H and O–H groups in total. The minimum atomic E-state index is -5.08. The van der Waals surface area contributed by atoms with Crippen molar-refractivity contribution in [3.63, 3.8) is 0 Å². The first-order valence-corrected chi connectivity index (χ1v) is 9.84. The van der Waals surface area contributed by atoms with Gasteiger partial charge in [0.05, 0.1) is 10.5 Å². The summed E-state index contributed by atoms with van der Waals surface area (Å²) in [6.07, 6.45) is 0.462. The summed E-state index contributed by atoms with van der Waals surface area (Å²) >= 11 is 6.26. The number of alkyl halides is 3. The highest BCUT2D eigenvalue weighted by molar-refractivity contribution is 6.35. The first kappa shape index (κ1) is 23.5. The molecule has 2 aromatic heterocycles. The molecule has 0 unspecified atom stereocenters. The number of amides is 1. The summed E-state index contributed by atoms with van der Waals surface area (Å²) < 4.78 is 47.0. The van der Waals surface area contributed by atoms with Crippen LogP contribution >= 0.6 is 11.6 Å². The molecule has 6 nitrogen and oxygen atoms in total. The van der Waals surface area contributed by atoms with Crippen LogP contribution in [0.4, 0.5) is 17.6 Å². The Morgan fingerprint density at radius 2 is 1.91 bits per heavy atom. The van der Waals surface area contributed by atoms with Crippen LogP contribution in [0.1, 0.15) is 18.4 Å². The highest BCUT2D eigenvalue weighted by Gasteiger charge is 2.38. The van der Waals surface area contributed by atoms with Crippen LogP contribution < -0.4 is 5.32 Å². The fourth-order valence-electron chi connectivity index (χ4n) is 2.89. The van der Waals surface area contributed by atoms with Gasteiger partial charge < -0.3 is 15.0 Å². The van der Waals surface area contributed by atoms with Crippen LogP contribution in [0.15, 0.2) is 36.7 Å². The lowest BCUT2D eigenvalue weighted by Gasteiger charge is -2.08. The van der Waals surface area contributed by atoms with Crippen LogP contribution in [0.3, 0.4) is 0 Å². The van der Waals surface area contributed by atoms with Crippen molar-refractivity contribution in [2.75, 3.05) is 0 Å². The molecular weight excluding hydrogens is 454 g/mol. The Labute approximate surface area is 184 Å². The van der Waals surface area contributed by atoms with E-state index in [1.165, 1.54) is 6.07 Å². The molecule has 3 aromatic rings. The quantitative estimate of drug-likeness (QED) is 0.539. The summed E-state index contributed by atoms with van der Waals surface area (Å²) in [5.41, 5.74) is 3.75.